The first-order valence-electron chi connectivity index (χ1n) is 8.07. The minimum Gasteiger partial charge on any atom is -0.497 e. The molecule has 3 rings (SSSR count). The second-order valence-corrected chi connectivity index (χ2v) is 5.54. The van der Waals surface area contributed by atoms with Gasteiger partial charge in [-0.1, -0.05) is 0 Å². The topological polar surface area (TPSA) is 73.3 Å². The summed E-state index contributed by atoms with van der Waals surface area (Å²) in [6.45, 7) is 0.379. The summed E-state index contributed by atoms with van der Waals surface area (Å²) in [6.07, 6.45) is 5.19. The lowest BCUT2D eigenvalue weighted by molar-refractivity contribution is 0.0948. The molecule has 132 valence electrons. The Morgan fingerprint density at radius 1 is 1.08 bits per heavy atom. The summed E-state index contributed by atoms with van der Waals surface area (Å²) in [5.41, 5.74) is 3.14. The molecule has 6 heteroatoms. The van der Waals surface area contributed by atoms with E-state index in [1.54, 1.807) is 43.9 Å². The molecule has 1 N–H and O–H groups in total. The fourth-order valence-electron chi connectivity index (χ4n) is 2.52. The molecule has 0 saturated heterocycles. The number of ether oxygens (including phenoxy) is 2. The molecule has 6 nitrogen and oxygen atoms in total. The first-order valence-corrected chi connectivity index (χ1v) is 8.07. The zero-order chi connectivity index (χ0) is 18.4. The summed E-state index contributed by atoms with van der Waals surface area (Å²) in [5.74, 6) is 0.880. The summed E-state index contributed by atoms with van der Waals surface area (Å²) in [6, 6.07) is 12.7. The third kappa shape index (κ3) is 3.97. The lowest BCUT2D eigenvalue weighted by atomic mass is 10.1. The lowest BCUT2D eigenvalue weighted by Crippen LogP contribution is -2.23. The molecule has 0 atom stereocenters. The second kappa shape index (κ2) is 8.11. The van der Waals surface area contributed by atoms with Crippen LogP contribution >= 0.6 is 0 Å². The summed E-state index contributed by atoms with van der Waals surface area (Å²) < 4.78 is 10.4. The number of amides is 1. The summed E-state index contributed by atoms with van der Waals surface area (Å²) in [4.78, 5) is 21.0. The number of carbonyl (C=O) groups is 1. The van der Waals surface area contributed by atoms with Crippen molar-refractivity contribution in [3.8, 4) is 22.8 Å². The van der Waals surface area contributed by atoms with Gasteiger partial charge in [0.05, 0.1) is 25.5 Å². The van der Waals surface area contributed by atoms with Gasteiger partial charge in [0.15, 0.2) is 0 Å². The highest BCUT2D eigenvalue weighted by molar-refractivity contribution is 5.97. The average Bonchev–Trinajstić information content (AvgIpc) is 2.72. The number of hydrogen-bond donors (Lipinski definition) is 1. The predicted octanol–water partition coefficient (Wildman–Crippen LogP) is 3.09. The average molecular weight is 349 g/mol. The van der Waals surface area contributed by atoms with Crippen LogP contribution in [0.1, 0.15) is 15.9 Å². The van der Waals surface area contributed by atoms with E-state index in [2.05, 4.69) is 15.3 Å². The van der Waals surface area contributed by atoms with E-state index < -0.39 is 0 Å². The molecule has 2 heterocycles. The molecule has 2 aromatic heterocycles. The molecule has 0 fully saturated rings. The normalized spacial score (nSPS) is 10.2. The Morgan fingerprint density at radius 3 is 2.69 bits per heavy atom. The number of nitrogens with one attached hydrogen (secondary N) is 1. The minimum atomic E-state index is -0.218. The Labute approximate surface area is 151 Å². The van der Waals surface area contributed by atoms with Gasteiger partial charge in [-0.3, -0.25) is 14.8 Å². The van der Waals surface area contributed by atoms with Crippen molar-refractivity contribution in [2.45, 2.75) is 6.54 Å². The Balaban J connectivity index is 1.72. The highest BCUT2D eigenvalue weighted by Crippen LogP contribution is 2.24. The van der Waals surface area contributed by atoms with Crippen molar-refractivity contribution < 1.29 is 14.3 Å². The van der Waals surface area contributed by atoms with Gasteiger partial charge in [0.25, 0.3) is 5.91 Å². The van der Waals surface area contributed by atoms with Gasteiger partial charge >= 0.3 is 0 Å². The van der Waals surface area contributed by atoms with Gasteiger partial charge in [0.2, 0.25) is 0 Å². The summed E-state index contributed by atoms with van der Waals surface area (Å²) in [7, 11) is 3.09. The Hall–Kier alpha value is -3.41. The summed E-state index contributed by atoms with van der Waals surface area (Å²) in [5, 5.41) is 2.90. The largest absolute Gasteiger partial charge is 0.497 e. The molecule has 26 heavy (non-hydrogen) atoms. The van der Waals surface area contributed by atoms with Gasteiger partial charge in [-0.05, 0) is 42.0 Å². The van der Waals surface area contributed by atoms with Crippen LogP contribution in [-0.4, -0.2) is 30.1 Å². The van der Waals surface area contributed by atoms with Gasteiger partial charge in [-0.2, -0.15) is 0 Å². The molecule has 1 amide bonds. The monoisotopic (exact) mass is 349 g/mol. The van der Waals surface area contributed by atoms with Crippen molar-refractivity contribution in [2.75, 3.05) is 14.2 Å². The number of benzene rings is 1. The Bertz CT molecular complexity index is 898. The molecule has 3 aromatic rings. The van der Waals surface area contributed by atoms with Crippen molar-refractivity contribution in [2.24, 2.45) is 0 Å². The van der Waals surface area contributed by atoms with Crippen LogP contribution in [0.4, 0.5) is 0 Å². The molecule has 0 spiro atoms. The van der Waals surface area contributed by atoms with E-state index in [1.807, 2.05) is 24.3 Å². The maximum Gasteiger partial charge on any atom is 0.255 e. The molecule has 0 saturated carbocycles. The molecule has 1 aromatic carbocycles. The fraction of sp³-hybridized carbons (Fsp3) is 0.150. The van der Waals surface area contributed by atoms with E-state index in [1.165, 1.54) is 7.11 Å². The van der Waals surface area contributed by atoms with Gasteiger partial charge in [0, 0.05) is 36.8 Å². The number of aromatic nitrogens is 2. The molecule has 0 bridgehead atoms. The maximum atomic E-state index is 12.5. The number of methoxy groups -OCH3 is 2. The first-order chi connectivity index (χ1) is 12.7. The van der Waals surface area contributed by atoms with Crippen molar-refractivity contribution in [3.63, 3.8) is 0 Å². The smallest absolute Gasteiger partial charge is 0.255 e. The van der Waals surface area contributed by atoms with Crippen LogP contribution in [0.15, 0.2) is 61.1 Å². The third-order valence-corrected chi connectivity index (χ3v) is 3.89. The van der Waals surface area contributed by atoms with E-state index in [-0.39, 0.29) is 5.91 Å². The van der Waals surface area contributed by atoms with Gasteiger partial charge in [-0.25, -0.2) is 0 Å². The zero-order valence-electron chi connectivity index (χ0n) is 14.6. The predicted molar refractivity (Wildman–Crippen MR) is 98.2 cm³/mol. The SMILES string of the molecule is COc1ccc(C(=O)NCc2ccnc(-c3cccnc3)c2)c(OC)c1. The van der Waals surface area contributed by atoms with Gasteiger partial charge in [-0.15, -0.1) is 0 Å². The van der Waals surface area contributed by atoms with E-state index in [4.69, 9.17) is 9.47 Å². The van der Waals surface area contributed by atoms with E-state index in [0.717, 1.165) is 16.8 Å². The Morgan fingerprint density at radius 2 is 1.96 bits per heavy atom. The number of pyridine rings is 2. The van der Waals surface area contributed by atoms with E-state index >= 15 is 0 Å². The fourth-order valence-corrected chi connectivity index (χ4v) is 2.52. The van der Waals surface area contributed by atoms with Crippen LogP contribution in [0.5, 0.6) is 11.5 Å². The number of carbonyl (C=O) groups excluding carboxylic acids is 1. The highest BCUT2D eigenvalue weighted by Gasteiger charge is 2.13. The van der Waals surface area contributed by atoms with Crippen LogP contribution in [0.2, 0.25) is 0 Å². The standard InChI is InChI=1S/C20H19N3O3/c1-25-16-5-6-17(19(11-16)26-2)20(24)23-12-14-7-9-22-18(10-14)15-4-3-8-21-13-15/h3-11,13H,12H2,1-2H3,(H,23,24). The molecule has 0 aliphatic heterocycles. The highest BCUT2D eigenvalue weighted by atomic mass is 16.5. The molecular formula is C20H19N3O3. The van der Waals surface area contributed by atoms with Crippen LogP contribution in [0.25, 0.3) is 11.3 Å². The first kappa shape index (κ1) is 17.4. The second-order valence-electron chi connectivity index (χ2n) is 5.54. The molecule has 0 aliphatic rings. The maximum absolute atomic E-state index is 12.5. The van der Waals surface area contributed by atoms with Gasteiger partial charge < -0.3 is 14.8 Å². The Kier molecular flexibility index (Phi) is 5.43. The van der Waals surface area contributed by atoms with Crippen LogP contribution in [-0.2, 0) is 6.54 Å². The van der Waals surface area contributed by atoms with E-state index in [9.17, 15) is 4.79 Å². The number of nitrogens with zero attached hydrogens (tertiary/aromatic N) is 2. The minimum absolute atomic E-state index is 0.218. The third-order valence-electron chi connectivity index (χ3n) is 3.89. The number of rotatable bonds is 6. The van der Waals surface area contributed by atoms with Gasteiger partial charge in [0.1, 0.15) is 11.5 Å². The molecule has 0 aliphatic carbocycles. The number of hydrogen-bond acceptors (Lipinski definition) is 5. The van der Waals surface area contributed by atoms with Crippen molar-refractivity contribution >= 4 is 5.91 Å². The molecule has 0 unspecified atom stereocenters. The van der Waals surface area contributed by atoms with E-state index in [0.29, 0.717) is 23.6 Å². The lowest BCUT2D eigenvalue weighted by Gasteiger charge is -2.11. The summed E-state index contributed by atoms with van der Waals surface area (Å²) >= 11 is 0. The van der Waals surface area contributed by atoms with Crippen LogP contribution in [0.3, 0.4) is 0 Å². The van der Waals surface area contributed by atoms with Crippen molar-refractivity contribution in [1.82, 2.24) is 15.3 Å². The molecular weight excluding hydrogens is 330 g/mol. The van der Waals surface area contributed by atoms with Crippen molar-refractivity contribution in [3.05, 3.63) is 72.2 Å². The zero-order valence-corrected chi connectivity index (χ0v) is 14.6. The quantitative estimate of drug-likeness (QED) is 0.740. The van der Waals surface area contributed by atoms with Crippen molar-refractivity contribution in [1.29, 1.82) is 0 Å². The molecule has 0 radical (unpaired) electrons. The van der Waals surface area contributed by atoms with Crippen LogP contribution in [0, 0.1) is 0 Å². The van der Waals surface area contributed by atoms with Crippen LogP contribution < -0.4 is 14.8 Å².